The molecule has 0 amide bonds. The van der Waals surface area contributed by atoms with Gasteiger partial charge in [0.15, 0.2) is 0 Å². The second-order valence-electron chi connectivity index (χ2n) is 4.08. The molecule has 14 heavy (non-hydrogen) atoms. The maximum absolute atomic E-state index is 5.54. The smallest absolute Gasteiger partial charge is 0.103 e. The summed E-state index contributed by atoms with van der Waals surface area (Å²) in [6.07, 6.45) is 7.81. The van der Waals surface area contributed by atoms with Gasteiger partial charge < -0.3 is 4.42 Å². The summed E-state index contributed by atoms with van der Waals surface area (Å²) in [5.74, 6) is 7.39. The third-order valence-corrected chi connectivity index (χ3v) is 3.21. The highest BCUT2D eigenvalue weighted by molar-refractivity contribution is 4.99. The maximum atomic E-state index is 5.54. The quantitative estimate of drug-likeness (QED) is 0.555. The van der Waals surface area contributed by atoms with Crippen LogP contribution in [-0.4, -0.2) is 6.04 Å². The molecule has 0 aromatic carbocycles. The average Bonchev–Trinajstić information content (AvgIpc) is 2.61. The summed E-state index contributed by atoms with van der Waals surface area (Å²) in [7, 11) is 0. The van der Waals surface area contributed by atoms with Crippen LogP contribution in [0, 0.1) is 5.92 Å². The molecule has 1 heterocycles. The third-order valence-electron chi connectivity index (χ3n) is 3.21. The average molecular weight is 194 g/mol. The van der Waals surface area contributed by atoms with Crippen LogP contribution in [0.3, 0.4) is 0 Å². The molecule has 0 saturated heterocycles. The Morgan fingerprint density at radius 2 is 2.43 bits per heavy atom. The molecule has 1 aliphatic rings. The van der Waals surface area contributed by atoms with Gasteiger partial charge in [-0.15, -0.1) is 0 Å². The van der Waals surface area contributed by atoms with Gasteiger partial charge in [0.1, 0.15) is 5.76 Å². The molecule has 1 fully saturated rings. The number of furan rings is 1. The van der Waals surface area contributed by atoms with Crippen molar-refractivity contribution in [1.82, 2.24) is 5.43 Å². The first-order valence-electron chi connectivity index (χ1n) is 5.38. The zero-order chi connectivity index (χ0) is 9.80. The number of hydrazine groups is 1. The number of nitrogens with one attached hydrogen (secondary N) is 1. The first-order valence-corrected chi connectivity index (χ1v) is 5.38. The topological polar surface area (TPSA) is 51.2 Å². The molecule has 0 bridgehead atoms. The monoisotopic (exact) mass is 194 g/mol. The predicted octanol–water partition coefficient (Wildman–Crippen LogP) is 1.84. The Kier molecular flexibility index (Phi) is 3.22. The lowest BCUT2D eigenvalue weighted by atomic mass is 9.78. The van der Waals surface area contributed by atoms with Gasteiger partial charge in [-0.05, 0) is 37.3 Å². The molecule has 3 nitrogen and oxygen atoms in total. The number of hydrogen-bond donors (Lipinski definition) is 2. The Balaban J connectivity index is 1.77. The van der Waals surface area contributed by atoms with Gasteiger partial charge in [-0.25, -0.2) is 0 Å². The van der Waals surface area contributed by atoms with Gasteiger partial charge in [0.05, 0.1) is 6.26 Å². The lowest BCUT2D eigenvalue weighted by Crippen LogP contribution is -2.43. The van der Waals surface area contributed by atoms with Crippen molar-refractivity contribution >= 4 is 0 Å². The van der Waals surface area contributed by atoms with Gasteiger partial charge in [-0.1, -0.05) is 6.42 Å². The molecule has 0 spiro atoms. The van der Waals surface area contributed by atoms with Crippen molar-refractivity contribution in [2.75, 3.05) is 0 Å². The van der Waals surface area contributed by atoms with E-state index in [1.54, 1.807) is 6.26 Å². The third kappa shape index (κ3) is 2.16. The molecule has 0 aliphatic heterocycles. The zero-order valence-corrected chi connectivity index (χ0v) is 8.41. The van der Waals surface area contributed by atoms with Crippen molar-refractivity contribution < 1.29 is 4.42 Å². The number of rotatable bonds is 5. The maximum Gasteiger partial charge on any atom is 0.103 e. The molecule has 1 aromatic rings. The minimum absolute atomic E-state index is 0.467. The van der Waals surface area contributed by atoms with Crippen LogP contribution >= 0.6 is 0 Å². The van der Waals surface area contributed by atoms with E-state index >= 15 is 0 Å². The van der Waals surface area contributed by atoms with Crippen LogP contribution in [0.1, 0.15) is 31.4 Å². The van der Waals surface area contributed by atoms with Crippen molar-refractivity contribution in [1.29, 1.82) is 0 Å². The van der Waals surface area contributed by atoms with Gasteiger partial charge in [0.25, 0.3) is 0 Å². The summed E-state index contributed by atoms with van der Waals surface area (Å²) in [5.41, 5.74) is 2.92. The second-order valence-corrected chi connectivity index (χ2v) is 4.08. The largest absolute Gasteiger partial charge is 0.469 e. The fraction of sp³-hybridized carbons (Fsp3) is 0.636. The summed E-state index contributed by atoms with van der Waals surface area (Å²) >= 11 is 0. The Hall–Kier alpha value is -0.800. The van der Waals surface area contributed by atoms with E-state index in [2.05, 4.69) is 5.43 Å². The van der Waals surface area contributed by atoms with Crippen LogP contribution in [0.25, 0.3) is 0 Å². The van der Waals surface area contributed by atoms with Gasteiger partial charge in [0, 0.05) is 12.5 Å². The normalized spacial score (nSPS) is 19.2. The highest BCUT2D eigenvalue weighted by Crippen LogP contribution is 2.31. The molecule has 3 heteroatoms. The fourth-order valence-corrected chi connectivity index (χ4v) is 2.05. The molecular weight excluding hydrogens is 176 g/mol. The number of aryl methyl sites for hydroxylation is 1. The molecular formula is C11H18N2O. The number of hydrogen-bond acceptors (Lipinski definition) is 3. The van der Waals surface area contributed by atoms with Gasteiger partial charge in [0.2, 0.25) is 0 Å². The first kappa shape index (κ1) is 9.74. The van der Waals surface area contributed by atoms with Crippen molar-refractivity contribution in [2.45, 2.75) is 38.1 Å². The Morgan fingerprint density at radius 1 is 1.57 bits per heavy atom. The molecule has 1 atom stereocenters. The summed E-state index contributed by atoms with van der Waals surface area (Å²) in [6.45, 7) is 0. The van der Waals surface area contributed by atoms with Crippen LogP contribution in [0.15, 0.2) is 22.8 Å². The summed E-state index contributed by atoms with van der Waals surface area (Å²) < 4.78 is 5.29. The lowest BCUT2D eigenvalue weighted by Gasteiger charge is -2.33. The van der Waals surface area contributed by atoms with Crippen molar-refractivity contribution in [3.63, 3.8) is 0 Å². The van der Waals surface area contributed by atoms with Crippen molar-refractivity contribution in [2.24, 2.45) is 11.8 Å². The Labute approximate surface area is 84.6 Å². The highest BCUT2D eigenvalue weighted by Gasteiger charge is 2.26. The zero-order valence-electron chi connectivity index (χ0n) is 8.41. The molecule has 2 rings (SSSR count). The van der Waals surface area contributed by atoms with E-state index in [-0.39, 0.29) is 0 Å². The van der Waals surface area contributed by atoms with Crippen LogP contribution in [0.4, 0.5) is 0 Å². The second kappa shape index (κ2) is 4.62. The van der Waals surface area contributed by atoms with Gasteiger partial charge >= 0.3 is 0 Å². The minimum atomic E-state index is 0.467. The van der Waals surface area contributed by atoms with E-state index in [9.17, 15) is 0 Å². The molecule has 0 radical (unpaired) electrons. The van der Waals surface area contributed by atoms with E-state index in [0.29, 0.717) is 6.04 Å². The van der Waals surface area contributed by atoms with Crippen LogP contribution in [0.2, 0.25) is 0 Å². The van der Waals surface area contributed by atoms with Crippen LogP contribution in [0.5, 0.6) is 0 Å². The summed E-state index contributed by atoms with van der Waals surface area (Å²) in [6, 6.07) is 4.42. The Bertz CT molecular complexity index is 254. The van der Waals surface area contributed by atoms with E-state index < -0.39 is 0 Å². The highest BCUT2D eigenvalue weighted by atomic mass is 16.3. The lowest BCUT2D eigenvalue weighted by molar-refractivity contribution is 0.218. The van der Waals surface area contributed by atoms with Crippen molar-refractivity contribution in [3.05, 3.63) is 24.2 Å². The minimum Gasteiger partial charge on any atom is -0.469 e. The Morgan fingerprint density at radius 3 is 2.93 bits per heavy atom. The van der Waals surface area contributed by atoms with Crippen LogP contribution in [-0.2, 0) is 6.42 Å². The number of nitrogens with two attached hydrogens (primary N) is 1. The molecule has 78 valence electrons. The molecule has 1 saturated carbocycles. The van der Waals surface area contributed by atoms with E-state index in [4.69, 9.17) is 10.3 Å². The SMILES string of the molecule is NNC(CCc1ccco1)C1CCC1. The van der Waals surface area contributed by atoms with Gasteiger partial charge in [-0.2, -0.15) is 0 Å². The van der Waals surface area contributed by atoms with E-state index in [1.165, 1.54) is 19.3 Å². The van der Waals surface area contributed by atoms with E-state index in [1.807, 2.05) is 12.1 Å². The first-order chi connectivity index (χ1) is 6.90. The summed E-state index contributed by atoms with van der Waals surface area (Å²) in [5, 5.41) is 0. The van der Waals surface area contributed by atoms with Crippen LogP contribution < -0.4 is 11.3 Å². The predicted molar refractivity (Wildman–Crippen MR) is 55.5 cm³/mol. The van der Waals surface area contributed by atoms with Crippen molar-refractivity contribution in [3.8, 4) is 0 Å². The fourth-order valence-electron chi connectivity index (χ4n) is 2.05. The standard InChI is InChI=1S/C11H18N2O/c12-13-11(9-3-1-4-9)7-6-10-5-2-8-14-10/h2,5,8-9,11,13H,1,3-4,6-7,12H2. The molecule has 3 N–H and O–H groups in total. The van der Waals surface area contributed by atoms with Gasteiger partial charge in [-0.3, -0.25) is 11.3 Å². The summed E-state index contributed by atoms with van der Waals surface area (Å²) in [4.78, 5) is 0. The molecule has 1 aliphatic carbocycles. The molecule has 1 unspecified atom stereocenters. The van der Waals surface area contributed by atoms with E-state index in [0.717, 1.165) is 24.5 Å². The molecule has 1 aromatic heterocycles.